The van der Waals surface area contributed by atoms with E-state index < -0.39 is 15.9 Å². The minimum Gasteiger partial charge on any atom is -0.508 e. The van der Waals surface area contributed by atoms with Gasteiger partial charge in [0.25, 0.3) is 15.9 Å². The Balaban J connectivity index is 1.74. The van der Waals surface area contributed by atoms with Crippen LogP contribution in [-0.4, -0.2) is 29.1 Å². The number of rotatable bonds is 6. The number of phenolic OH excluding ortho intramolecular Hbond substituents is 1. The Labute approximate surface area is 198 Å². The van der Waals surface area contributed by atoms with Crippen molar-refractivity contribution in [2.75, 3.05) is 0 Å². The summed E-state index contributed by atoms with van der Waals surface area (Å²) in [7, 11) is -3.85. The highest BCUT2D eigenvalue weighted by atomic mass is 32.2. The lowest BCUT2D eigenvalue weighted by atomic mass is 10.1. The van der Waals surface area contributed by atoms with Gasteiger partial charge in [0, 0.05) is 22.7 Å². The lowest BCUT2D eigenvalue weighted by Crippen LogP contribution is -2.19. The summed E-state index contributed by atoms with van der Waals surface area (Å²) in [5.74, 6) is -0.382. The zero-order valence-electron chi connectivity index (χ0n) is 19.1. The minimum atomic E-state index is -3.85. The molecule has 0 atom stereocenters. The van der Waals surface area contributed by atoms with Gasteiger partial charge in [0.2, 0.25) is 0 Å². The minimum absolute atomic E-state index is 0.0601. The first-order valence-electron chi connectivity index (χ1n) is 10.8. The van der Waals surface area contributed by atoms with Crippen molar-refractivity contribution in [3.05, 3.63) is 95.2 Å². The molecule has 0 unspecified atom stereocenters. The molecular formula is C26H25N3O4S. The molecule has 0 aliphatic rings. The van der Waals surface area contributed by atoms with Crippen LogP contribution in [-0.2, 0) is 16.4 Å². The Kier molecular flexibility index (Phi) is 6.26. The summed E-state index contributed by atoms with van der Waals surface area (Å²) in [5, 5.41) is 14.3. The Morgan fingerprint density at radius 2 is 1.71 bits per heavy atom. The van der Waals surface area contributed by atoms with Crippen molar-refractivity contribution in [2.45, 2.75) is 32.1 Å². The summed E-state index contributed by atoms with van der Waals surface area (Å²) in [6.45, 7) is 5.62. The van der Waals surface area contributed by atoms with E-state index in [1.54, 1.807) is 25.3 Å². The molecule has 8 heteroatoms. The predicted octanol–water partition coefficient (Wildman–Crippen LogP) is 4.61. The highest BCUT2D eigenvalue weighted by molar-refractivity contribution is 7.90. The number of aryl methyl sites for hydroxylation is 2. The van der Waals surface area contributed by atoms with Crippen LogP contribution >= 0.6 is 0 Å². The number of phenols is 1. The van der Waals surface area contributed by atoms with Crippen LogP contribution in [0.4, 0.5) is 0 Å². The molecule has 1 heterocycles. The van der Waals surface area contributed by atoms with Crippen molar-refractivity contribution in [3.63, 3.8) is 0 Å². The van der Waals surface area contributed by atoms with Gasteiger partial charge in [0.05, 0.1) is 16.1 Å². The molecule has 2 N–H and O–H groups in total. The van der Waals surface area contributed by atoms with Crippen LogP contribution in [0.25, 0.3) is 10.9 Å². The van der Waals surface area contributed by atoms with E-state index in [-0.39, 0.29) is 10.6 Å². The summed E-state index contributed by atoms with van der Waals surface area (Å²) in [6, 6.07) is 18.3. The summed E-state index contributed by atoms with van der Waals surface area (Å²) in [4.78, 5) is 12.6. The second-order valence-electron chi connectivity index (χ2n) is 8.05. The summed E-state index contributed by atoms with van der Waals surface area (Å²) >= 11 is 0. The average molecular weight is 476 g/mol. The number of benzene rings is 3. The van der Waals surface area contributed by atoms with E-state index in [1.807, 2.05) is 44.2 Å². The van der Waals surface area contributed by atoms with E-state index >= 15 is 0 Å². The number of carbonyl (C=O) groups is 1. The molecular weight excluding hydrogens is 450 g/mol. The molecule has 0 saturated heterocycles. The third-order valence-electron chi connectivity index (χ3n) is 5.66. The number of carbonyl (C=O) groups excluding carboxylic acids is 1. The van der Waals surface area contributed by atoms with E-state index in [0.717, 1.165) is 17.5 Å². The fraction of sp³-hybridized carbons (Fsp3) is 0.154. The van der Waals surface area contributed by atoms with Crippen molar-refractivity contribution >= 4 is 32.5 Å². The first kappa shape index (κ1) is 23.3. The largest absolute Gasteiger partial charge is 0.508 e. The van der Waals surface area contributed by atoms with Gasteiger partial charge < -0.3 is 5.11 Å². The van der Waals surface area contributed by atoms with Crippen molar-refractivity contribution < 1.29 is 18.3 Å². The van der Waals surface area contributed by atoms with Crippen molar-refractivity contribution in [1.29, 1.82) is 0 Å². The van der Waals surface area contributed by atoms with Gasteiger partial charge in [-0.1, -0.05) is 31.2 Å². The van der Waals surface area contributed by atoms with Crippen LogP contribution in [0.15, 0.2) is 82.9 Å². The molecule has 4 aromatic rings. The number of fused-ring (bicyclic) bond motifs is 1. The third-order valence-corrected chi connectivity index (χ3v) is 7.35. The van der Waals surface area contributed by atoms with Gasteiger partial charge >= 0.3 is 0 Å². The van der Waals surface area contributed by atoms with E-state index in [2.05, 4.69) is 10.5 Å². The molecule has 0 fully saturated rings. The zero-order chi connectivity index (χ0) is 24.5. The molecule has 1 aromatic heterocycles. The molecule has 0 aliphatic heterocycles. The number of aromatic nitrogens is 1. The molecule has 1 amide bonds. The molecule has 4 rings (SSSR count). The summed E-state index contributed by atoms with van der Waals surface area (Å²) < 4.78 is 28.3. The monoisotopic (exact) mass is 475 g/mol. The lowest BCUT2D eigenvalue weighted by molar-refractivity contribution is 0.0955. The van der Waals surface area contributed by atoms with Gasteiger partial charge in [-0.3, -0.25) is 4.79 Å². The highest BCUT2D eigenvalue weighted by Gasteiger charge is 2.22. The molecule has 0 spiro atoms. The van der Waals surface area contributed by atoms with Crippen molar-refractivity contribution in [2.24, 2.45) is 5.10 Å². The summed E-state index contributed by atoms with van der Waals surface area (Å²) in [5.41, 5.74) is 6.39. The first-order chi connectivity index (χ1) is 16.2. The van der Waals surface area contributed by atoms with Gasteiger partial charge in [0.1, 0.15) is 5.75 Å². The van der Waals surface area contributed by atoms with Crippen LogP contribution in [0.5, 0.6) is 5.75 Å². The maximum atomic E-state index is 13.5. The molecule has 0 aliphatic carbocycles. The fourth-order valence-corrected chi connectivity index (χ4v) is 5.04. The summed E-state index contributed by atoms with van der Waals surface area (Å²) in [6.07, 6.45) is 2.36. The lowest BCUT2D eigenvalue weighted by Gasteiger charge is -2.08. The van der Waals surface area contributed by atoms with Gasteiger partial charge in [-0.15, -0.1) is 0 Å². The van der Waals surface area contributed by atoms with E-state index in [9.17, 15) is 18.3 Å². The van der Waals surface area contributed by atoms with Gasteiger partial charge in [0.15, 0.2) is 0 Å². The molecule has 0 bridgehead atoms. The Hall–Kier alpha value is -3.91. The molecule has 0 radical (unpaired) electrons. The zero-order valence-corrected chi connectivity index (χ0v) is 19.9. The Morgan fingerprint density at radius 1 is 1.03 bits per heavy atom. The molecule has 3 aromatic carbocycles. The number of hydrogen-bond donors (Lipinski definition) is 2. The van der Waals surface area contributed by atoms with E-state index in [4.69, 9.17) is 0 Å². The standard InChI is InChI=1S/C26H25N3O4S/c1-4-19-6-12-22(13-7-19)34(32,33)29-16-24(23-14-5-17(2)15-25(23)29)18(3)27-28-26(31)20-8-10-21(30)11-9-20/h5-16,30H,4H2,1-3H3,(H,28,31)/b27-18+. The van der Waals surface area contributed by atoms with Crippen LogP contribution in [0.2, 0.25) is 0 Å². The second-order valence-corrected chi connectivity index (χ2v) is 9.86. The Morgan fingerprint density at radius 3 is 2.35 bits per heavy atom. The van der Waals surface area contributed by atoms with Crippen molar-refractivity contribution in [3.8, 4) is 5.75 Å². The molecule has 7 nitrogen and oxygen atoms in total. The quantitative estimate of drug-likeness (QED) is 0.314. The van der Waals surface area contributed by atoms with Crippen LogP contribution in [0.3, 0.4) is 0 Å². The smallest absolute Gasteiger partial charge is 0.271 e. The molecule has 0 saturated carbocycles. The number of nitrogens with zero attached hydrogens (tertiary/aromatic N) is 2. The molecule has 174 valence electrons. The predicted molar refractivity (Wildman–Crippen MR) is 133 cm³/mol. The van der Waals surface area contributed by atoms with Crippen LogP contribution in [0, 0.1) is 6.92 Å². The number of aromatic hydroxyl groups is 1. The number of hydrazone groups is 1. The maximum absolute atomic E-state index is 13.5. The number of amides is 1. The topological polar surface area (TPSA) is 101 Å². The van der Waals surface area contributed by atoms with Gasteiger partial charge in [-0.2, -0.15) is 5.10 Å². The van der Waals surface area contributed by atoms with E-state index in [0.29, 0.717) is 27.7 Å². The Bertz CT molecular complexity index is 1500. The average Bonchev–Trinajstić information content (AvgIpc) is 3.22. The fourth-order valence-electron chi connectivity index (χ4n) is 3.68. The van der Waals surface area contributed by atoms with Gasteiger partial charge in [-0.05, 0) is 73.9 Å². The number of nitrogens with one attached hydrogen (secondary N) is 1. The molecule has 34 heavy (non-hydrogen) atoms. The van der Waals surface area contributed by atoms with E-state index in [1.165, 1.54) is 28.2 Å². The first-order valence-corrected chi connectivity index (χ1v) is 12.2. The second kappa shape index (κ2) is 9.15. The third kappa shape index (κ3) is 4.45. The highest BCUT2D eigenvalue weighted by Crippen LogP contribution is 2.28. The van der Waals surface area contributed by atoms with Gasteiger partial charge in [-0.25, -0.2) is 17.8 Å². The maximum Gasteiger partial charge on any atom is 0.271 e. The number of hydrogen-bond acceptors (Lipinski definition) is 5. The van der Waals surface area contributed by atoms with Crippen LogP contribution < -0.4 is 5.43 Å². The SMILES string of the molecule is CCc1ccc(S(=O)(=O)n2cc(/C(C)=N/NC(=O)c3ccc(O)cc3)c3ccc(C)cc32)cc1. The normalized spacial score (nSPS) is 12.1. The van der Waals surface area contributed by atoms with Crippen LogP contribution in [0.1, 0.15) is 40.9 Å². The van der Waals surface area contributed by atoms with Crippen molar-refractivity contribution in [1.82, 2.24) is 9.40 Å².